The summed E-state index contributed by atoms with van der Waals surface area (Å²) in [6.45, 7) is 4.00. The van der Waals surface area contributed by atoms with Crippen LogP contribution < -0.4 is 19.9 Å². The van der Waals surface area contributed by atoms with Gasteiger partial charge in [0.1, 0.15) is 11.4 Å². The predicted octanol–water partition coefficient (Wildman–Crippen LogP) is 6.03. The van der Waals surface area contributed by atoms with Crippen LogP contribution in [0.5, 0.6) is 5.75 Å². The molecule has 0 saturated carbocycles. The van der Waals surface area contributed by atoms with Crippen LogP contribution in [0.3, 0.4) is 0 Å². The summed E-state index contributed by atoms with van der Waals surface area (Å²) in [5.74, 6) is -0.947. The molecule has 3 aromatic carbocycles. The topological polar surface area (TPSA) is 48.1 Å². The average molecular weight is 533 g/mol. The first-order valence-corrected chi connectivity index (χ1v) is 13.8. The maximum Gasteiger partial charge on any atom is 0.262 e. The van der Waals surface area contributed by atoms with Crippen LogP contribution >= 0.6 is 0 Å². The highest BCUT2D eigenvalue weighted by Gasteiger charge is 2.47. The van der Waals surface area contributed by atoms with Gasteiger partial charge in [-0.3, -0.25) is 14.6 Å². The summed E-state index contributed by atoms with van der Waals surface area (Å²) < 4.78 is 32.6. The zero-order chi connectivity index (χ0) is 27.0. The largest absolute Gasteiger partial charge is 0.497 e. The molecular formula is C31H34F2N4O2. The summed E-state index contributed by atoms with van der Waals surface area (Å²) >= 11 is 0. The second kappa shape index (κ2) is 10.5. The molecule has 2 fully saturated rings. The first-order valence-electron chi connectivity index (χ1n) is 13.8. The number of likely N-dealkylation sites (tertiary alicyclic amines) is 1. The van der Waals surface area contributed by atoms with E-state index in [-0.39, 0.29) is 5.91 Å². The molecule has 6 rings (SSSR count). The minimum Gasteiger partial charge on any atom is -0.497 e. The third kappa shape index (κ3) is 4.93. The molecular weight excluding hydrogens is 498 g/mol. The molecule has 0 atom stereocenters. The van der Waals surface area contributed by atoms with Crippen molar-refractivity contribution in [3.8, 4) is 5.75 Å². The summed E-state index contributed by atoms with van der Waals surface area (Å²) in [7, 11) is 1.63. The predicted molar refractivity (Wildman–Crippen MR) is 150 cm³/mol. The Balaban J connectivity index is 1.30. The number of hydrogen-bond donors (Lipinski definition) is 1. The van der Waals surface area contributed by atoms with Gasteiger partial charge in [0.2, 0.25) is 0 Å². The lowest BCUT2D eigenvalue weighted by atomic mass is 9.89. The van der Waals surface area contributed by atoms with Crippen LogP contribution in [0.4, 0.5) is 25.8 Å². The first-order chi connectivity index (χ1) is 19.0. The fraction of sp³-hybridized carbons (Fsp3) is 0.387. The highest BCUT2D eigenvalue weighted by Crippen LogP contribution is 2.42. The van der Waals surface area contributed by atoms with E-state index < -0.39 is 17.3 Å². The zero-order valence-corrected chi connectivity index (χ0v) is 22.3. The fourth-order valence-electron chi connectivity index (χ4n) is 6.21. The van der Waals surface area contributed by atoms with Crippen LogP contribution in [0.25, 0.3) is 0 Å². The molecule has 8 heteroatoms. The number of piperidine rings is 2. The van der Waals surface area contributed by atoms with E-state index in [9.17, 15) is 13.6 Å². The van der Waals surface area contributed by atoms with E-state index in [1.807, 2.05) is 35.2 Å². The number of fused-ring (bicyclic) bond motifs is 1. The van der Waals surface area contributed by atoms with Gasteiger partial charge in [-0.05, 0) is 79.4 Å². The van der Waals surface area contributed by atoms with Crippen molar-refractivity contribution in [1.82, 2.24) is 4.90 Å². The molecule has 39 heavy (non-hydrogen) atoms. The number of ether oxygens (including phenoxy) is 1. The van der Waals surface area contributed by atoms with Crippen LogP contribution in [0, 0.1) is 11.6 Å². The Kier molecular flexibility index (Phi) is 6.89. The Labute approximate surface area is 228 Å². The number of benzene rings is 3. The van der Waals surface area contributed by atoms with Crippen molar-refractivity contribution in [2.45, 2.75) is 44.3 Å². The Hall–Kier alpha value is -3.65. The van der Waals surface area contributed by atoms with E-state index in [4.69, 9.17) is 4.74 Å². The fourth-order valence-corrected chi connectivity index (χ4v) is 6.21. The highest BCUT2D eigenvalue weighted by molar-refractivity contribution is 6.13. The molecule has 0 unspecified atom stereocenters. The van der Waals surface area contributed by atoms with E-state index in [1.54, 1.807) is 13.2 Å². The Bertz CT molecular complexity index is 1350. The lowest BCUT2D eigenvalue weighted by molar-refractivity contribution is 0.0904. The molecule has 3 aromatic rings. The number of carbonyl (C=O) groups excluding carboxylic acids is 1. The number of methoxy groups -OCH3 is 1. The van der Waals surface area contributed by atoms with Crippen molar-refractivity contribution in [3.05, 3.63) is 83.4 Å². The number of halogens is 2. The molecule has 0 bridgehead atoms. The Morgan fingerprint density at radius 2 is 1.56 bits per heavy atom. The van der Waals surface area contributed by atoms with Crippen LogP contribution in [0.1, 0.15) is 48.0 Å². The normalized spacial score (nSPS) is 19.1. The smallest absolute Gasteiger partial charge is 0.262 e. The second-order valence-corrected chi connectivity index (χ2v) is 10.8. The van der Waals surface area contributed by atoms with Crippen molar-refractivity contribution in [1.29, 1.82) is 0 Å². The van der Waals surface area contributed by atoms with Gasteiger partial charge in [-0.2, -0.15) is 0 Å². The van der Waals surface area contributed by atoms with Crippen molar-refractivity contribution in [2.24, 2.45) is 0 Å². The summed E-state index contributed by atoms with van der Waals surface area (Å²) in [6, 6.07) is 17.9. The first kappa shape index (κ1) is 25.6. The van der Waals surface area contributed by atoms with Gasteiger partial charge in [-0.1, -0.05) is 6.07 Å². The van der Waals surface area contributed by atoms with E-state index in [2.05, 4.69) is 27.2 Å². The van der Waals surface area contributed by atoms with Crippen LogP contribution in [0.2, 0.25) is 0 Å². The van der Waals surface area contributed by atoms with Gasteiger partial charge < -0.3 is 15.0 Å². The van der Waals surface area contributed by atoms with Gasteiger partial charge in [0.05, 0.1) is 18.4 Å². The molecule has 0 aliphatic carbocycles. The maximum absolute atomic E-state index is 14.1. The molecule has 3 aliphatic heterocycles. The molecule has 204 valence electrons. The lowest BCUT2D eigenvalue weighted by Gasteiger charge is -2.52. The summed E-state index contributed by atoms with van der Waals surface area (Å²) in [5.41, 5.74) is 3.64. The number of carbonyl (C=O) groups is 1. The molecule has 1 N–H and O–H groups in total. The summed E-state index contributed by atoms with van der Waals surface area (Å²) in [5, 5.41) is 3.81. The highest BCUT2D eigenvalue weighted by atomic mass is 19.2. The van der Waals surface area contributed by atoms with Gasteiger partial charge in [-0.15, -0.1) is 0 Å². The Morgan fingerprint density at radius 3 is 2.26 bits per heavy atom. The van der Waals surface area contributed by atoms with Crippen LogP contribution in [0.15, 0.2) is 60.7 Å². The van der Waals surface area contributed by atoms with Crippen molar-refractivity contribution in [2.75, 3.05) is 48.4 Å². The maximum atomic E-state index is 14.1. The number of hydrogen-bond acceptors (Lipinski definition) is 5. The van der Waals surface area contributed by atoms with Gasteiger partial charge in [0.25, 0.3) is 5.91 Å². The molecule has 0 aromatic heterocycles. The number of nitrogens with zero attached hydrogens (tertiary/aromatic N) is 3. The lowest BCUT2D eigenvalue weighted by Crippen LogP contribution is -2.64. The molecule has 6 nitrogen and oxygen atoms in total. The molecule has 2 saturated heterocycles. The minimum atomic E-state index is -0.834. The average Bonchev–Trinajstić information content (AvgIpc) is 2.97. The molecule has 3 heterocycles. The van der Waals surface area contributed by atoms with Crippen molar-refractivity contribution < 1.29 is 18.3 Å². The number of nitrogens with one attached hydrogen (secondary N) is 1. The third-order valence-corrected chi connectivity index (χ3v) is 8.36. The molecule has 1 spiro atoms. The van der Waals surface area contributed by atoms with E-state index >= 15 is 0 Å². The number of rotatable bonds is 5. The van der Waals surface area contributed by atoms with Crippen molar-refractivity contribution in [3.63, 3.8) is 0 Å². The second-order valence-electron chi connectivity index (χ2n) is 10.8. The molecule has 1 amide bonds. The molecule has 3 aliphatic rings. The van der Waals surface area contributed by atoms with Gasteiger partial charge in [0, 0.05) is 56.9 Å². The standard InChI is InChI=1S/C31H34F2N4O2/c1-39-25-9-6-23(7-10-25)37-30(38)26-11-8-24(36-15-3-2-4-16-36)20-29(26)34-31(37)13-17-35(18-14-31)21-22-5-12-27(32)28(33)19-22/h5-12,19-20,34H,2-4,13-18,21H2,1H3. The van der Waals surface area contributed by atoms with Gasteiger partial charge >= 0.3 is 0 Å². The Morgan fingerprint density at radius 1 is 0.846 bits per heavy atom. The van der Waals surface area contributed by atoms with E-state index in [1.165, 1.54) is 31.4 Å². The van der Waals surface area contributed by atoms with E-state index in [0.717, 1.165) is 41.5 Å². The quantitative estimate of drug-likeness (QED) is 0.435. The molecule has 0 radical (unpaired) electrons. The zero-order valence-electron chi connectivity index (χ0n) is 22.3. The van der Waals surface area contributed by atoms with Crippen LogP contribution in [-0.4, -0.2) is 49.8 Å². The van der Waals surface area contributed by atoms with Gasteiger partial charge in [-0.25, -0.2) is 8.78 Å². The van der Waals surface area contributed by atoms with Crippen molar-refractivity contribution >= 4 is 23.0 Å². The SMILES string of the molecule is COc1ccc(N2C(=O)c3ccc(N4CCCCC4)cc3NC23CCN(Cc2ccc(F)c(F)c2)CC3)cc1. The monoisotopic (exact) mass is 532 g/mol. The third-order valence-electron chi connectivity index (χ3n) is 8.36. The minimum absolute atomic E-state index is 0.0202. The van der Waals surface area contributed by atoms with Crippen LogP contribution in [-0.2, 0) is 6.54 Å². The number of anilines is 3. The van der Waals surface area contributed by atoms with Gasteiger partial charge in [0.15, 0.2) is 11.6 Å². The summed E-state index contributed by atoms with van der Waals surface area (Å²) in [4.78, 5) is 20.7. The van der Waals surface area contributed by atoms with E-state index in [0.29, 0.717) is 38.0 Å². The number of amides is 1. The summed E-state index contributed by atoms with van der Waals surface area (Å²) in [6.07, 6.45) is 5.00.